The van der Waals surface area contributed by atoms with Crippen molar-refractivity contribution in [2.24, 2.45) is 0 Å². The average molecular weight is 395 g/mol. The van der Waals surface area contributed by atoms with E-state index < -0.39 is 18.7 Å². The van der Waals surface area contributed by atoms with Gasteiger partial charge in [-0.2, -0.15) is 13.2 Å². The van der Waals surface area contributed by atoms with Crippen molar-refractivity contribution in [3.8, 4) is 5.75 Å². The maximum absolute atomic E-state index is 12.4. The standard InChI is InChI=1S/C19H20F3N3O3/c1-3-14-5-4-13(8-16(14)28-11-19(20,21)22)10-24-18(27)15-6-7-23-17(9-15)25-12(2)26/h4-9H,3,10-11H2,1-2H3,(H,24,27)(H,23,25,26). The van der Waals surface area contributed by atoms with Gasteiger partial charge in [-0.15, -0.1) is 0 Å². The summed E-state index contributed by atoms with van der Waals surface area (Å²) in [5.41, 5.74) is 1.53. The number of nitrogens with zero attached hydrogens (tertiary/aromatic N) is 1. The van der Waals surface area contributed by atoms with Crippen molar-refractivity contribution >= 4 is 17.6 Å². The van der Waals surface area contributed by atoms with E-state index in [2.05, 4.69) is 15.6 Å². The number of carbonyl (C=O) groups excluding carboxylic acids is 2. The molecule has 1 aromatic carbocycles. The largest absolute Gasteiger partial charge is 0.484 e. The molecule has 1 heterocycles. The highest BCUT2D eigenvalue weighted by atomic mass is 19.4. The fourth-order valence-corrected chi connectivity index (χ4v) is 2.40. The summed E-state index contributed by atoms with van der Waals surface area (Å²) in [4.78, 5) is 27.3. The number of amides is 2. The summed E-state index contributed by atoms with van der Waals surface area (Å²) < 4.78 is 42.1. The lowest BCUT2D eigenvalue weighted by molar-refractivity contribution is -0.153. The van der Waals surface area contributed by atoms with E-state index in [4.69, 9.17) is 4.74 Å². The Morgan fingerprint density at radius 1 is 1.18 bits per heavy atom. The molecule has 0 aliphatic rings. The Hall–Kier alpha value is -3.10. The van der Waals surface area contributed by atoms with Crippen LogP contribution in [0.4, 0.5) is 19.0 Å². The van der Waals surface area contributed by atoms with Crippen LogP contribution in [-0.4, -0.2) is 29.6 Å². The minimum Gasteiger partial charge on any atom is -0.484 e. The maximum Gasteiger partial charge on any atom is 0.422 e. The van der Waals surface area contributed by atoms with Crippen LogP contribution >= 0.6 is 0 Å². The highest BCUT2D eigenvalue weighted by Crippen LogP contribution is 2.24. The number of alkyl halides is 3. The normalized spacial score (nSPS) is 11.0. The lowest BCUT2D eigenvalue weighted by Crippen LogP contribution is -2.23. The fourth-order valence-electron chi connectivity index (χ4n) is 2.40. The van der Waals surface area contributed by atoms with Crippen LogP contribution in [0, 0.1) is 0 Å². The molecule has 2 amide bonds. The Morgan fingerprint density at radius 2 is 1.93 bits per heavy atom. The Kier molecular flexibility index (Phi) is 6.97. The van der Waals surface area contributed by atoms with Crippen LogP contribution < -0.4 is 15.4 Å². The number of pyridine rings is 1. The highest BCUT2D eigenvalue weighted by molar-refractivity contribution is 5.96. The van der Waals surface area contributed by atoms with Crippen LogP contribution in [0.1, 0.15) is 35.3 Å². The van der Waals surface area contributed by atoms with Gasteiger partial charge in [0.2, 0.25) is 5.91 Å². The first-order chi connectivity index (χ1) is 13.2. The lowest BCUT2D eigenvalue weighted by Gasteiger charge is -2.14. The van der Waals surface area contributed by atoms with E-state index in [-0.39, 0.29) is 29.6 Å². The second kappa shape index (κ2) is 9.20. The third-order valence-corrected chi connectivity index (χ3v) is 3.68. The molecule has 0 atom stereocenters. The number of nitrogens with one attached hydrogen (secondary N) is 2. The second-order valence-corrected chi connectivity index (χ2v) is 5.99. The molecule has 2 rings (SSSR count). The molecule has 2 N–H and O–H groups in total. The van der Waals surface area contributed by atoms with Crippen molar-refractivity contribution in [3.05, 3.63) is 53.2 Å². The molecule has 6 nitrogen and oxygen atoms in total. The molecule has 28 heavy (non-hydrogen) atoms. The topological polar surface area (TPSA) is 80.3 Å². The van der Waals surface area contributed by atoms with Gasteiger partial charge in [0, 0.05) is 25.2 Å². The minimum atomic E-state index is -4.43. The fraction of sp³-hybridized carbons (Fsp3) is 0.316. The molecule has 0 unspecified atom stereocenters. The first-order valence-electron chi connectivity index (χ1n) is 8.51. The van der Waals surface area contributed by atoms with Crippen molar-refractivity contribution in [1.82, 2.24) is 10.3 Å². The zero-order valence-electron chi connectivity index (χ0n) is 15.4. The average Bonchev–Trinajstić information content (AvgIpc) is 2.63. The van der Waals surface area contributed by atoms with Gasteiger partial charge >= 0.3 is 6.18 Å². The van der Waals surface area contributed by atoms with Gasteiger partial charge in [-0.05, 0) is 35.7 Å². The molecule has 0 spiro atoms. The zero-order chi connectivity index (χ0) is 20.7. The second-order valence-electron chi connectivity index (χ2n) is 5.99. The van der Waals surface area contributed by atoms with Crippen molar-refractivity contribution < 1.29 is 27.5 Å². The lowest BCUT2D eigenvalue weighted by atomic mass is 10.1. The molecule has 9 heteroatoms. The van der Waals surface area contributed by atoms with Crippen molar-refractivity contribution in [2.75, 3.05) is 11.9 Å². The third-order valence-electron chi connectivity index (χ3n) is 3.68. The van der Waals surface area contributed by atoms with Gasteiger partial charge in [0.15, 0.2) is 6.61 Å². The van der Waals surface area contributed by atoms with Crippen LogP contribution in [0.2, 0.25) is 0 Å². The predicted octanol–water partition coefficient (Wildman–Crippen LogP) is 3.47. The Bertz CT molecular complexity index is 854. The molecule has 0 aliphatic heterocycles. The molecule has 0 aliphatic carbocycles. The first-order valence-corrected chi connectivity index (χ1v) is 8.51. The number of anilines is 1. The zero-order valence-corrected chi connectivity index (χ0v) is 15.4. The molecule has 1 aromatic heterocycles. The summed E-state index contributed by atoms with van der Waals surface area (Å²) >= 11 is 0. The van der Waals surface area contributed by atoms with E-state index in [0.29, 0.717) is 17.5 Å². The first kappa shape index (κ1) is 21.2. The Labute approximate surface area is 160 Å². The number of aryl methyl sites for hydroxylation is 1. The van der Waals surface area contributed by atoms with Gasteiger partial charge in [-0.1, -0.05) is 19.1 Å². The SMILES string of the molecule is CCc1ccc(CNC(=O)c2ccnc(NC(C)=O)c2)cc1OCC(F)(F)F. The summed E-state index contributed by atoms with van der Waals surface area (Å²) in [6, 6.07) is 7.79. The number of hydrogen-bond acceptors (Lipinski definition) is 4. The molecule has 0 saturated carbocycles. The Balaban J connectivity index is 2.05. The minimum absolute atomic E-state index is 0.100. The van der Waals surface area contributed by atoms with Crippen molar-refractivity contribution in [3.63, 3.8) is 0 Å². The number of hydrogen-bond donors (Lipinski definition) is 2. The summed E-state index contributed by atoms with van der Waals surface area (Å²) in [6.45, 7) is 1.86. The van der Waals surface area contributed by atoms with Gasteiger partial charge in [0.25, 0.3) is 5.91 Å². The van der Waals surface area contributed by atoms with Gasteiger partial charge in [-0.3, -0.25) is 9.59 Å². The smallest absolute Gasteiger partial charge is 0.422 e. The van der Waals surface area contributed by atoms with Crippen molar-refractivity contribution in [1.29, 1.82) is 0 Å². The number of benzene rings is 1. The van der Waals surface area contributed by atoms with Gasteiger partial charge < -0.3 is 15.4 Å². The summed E-state index contributed by atoms with van der Waals surface area (Å²) in [5.74, 6) is -0.336. The van der Waals surface area contributed by atoms with Gasteiger partial charge in [-0.25, -0.2) is 4.98 Å². The van der Waals surface area contributed by atoms with Crippen LogP contribution in [0.25, 0.3) is 0 Å². The number of aromatic nitrogens is 1. The maximum atomic E-state index is 12.4. The molecule has 0 fully saturated rings. The van der Waals surface area contributed by atoms with Gasteiger partial charge in [0.05, 0.1) is 0 Å². The molecule has 0 saturated heterocycles. The van der Waals surface area contributed by atoms with Crippen LogP contribution in [0.3, 0.4) is 0 Å². The number of rotatable bonds is 7. The third kappa shape index (κ3) is 6.57. The summed E-state index contributed by atoms with van der Waals surface area (Å²) in [5, 5.41) is 5.16. The molecular formula is C19H20F3N3O3. The molecular weight excluding hydrogens is 375 g/mol. The van der Waals surface area contributed by atoms with Crippen LogP contribution in [-0.2, 0) is 17.8 Å². The van der Waals surface area contributed by atoms with Gasteiger partial charge in [0.1, 0.15) is 11.6 Å². The Morgan fingerprint density at radius 3 is 2.57 bits per heavy atom. The van der Waals surface area contributed by atoms with E-state index in [9.17, 15) is 22.8 Å². The molecule has 2 aromatic rings. The highest BCUT2D eigenvalue weighted by Gasteiger charge is 2.28. The van der Waals surface area contributed by atoms with E-state index in [0.717, 1.165) is 0 Å². The van der Waals surface area contributed by atoms with E-state index in [1.54, 1.807) is 12.1 Å². The van der Waals surface area contributed by atoms with Crippen LogP contribution in [0.5, 0.6) is 5.75 Å². The molecule has 0 bridgehead atoms. The number of ether oxygens (including phenoxy) is 1. The van der Waals surface area contributed by atoms with Crippen molar-refractivity contribution in [2.45, 2.75) is 33.0 Å². The van der Waals surface area contributed by atoms with E-state index >= 15 is 0 Å². The van der Waals surface area contributed by atoms with E-state index in [1.165, 1.54) is 31.3 Å². The predicted molar refractivity (Wildman–Crippen MR) is 97.1 cm³/mol. The number of halogens is 3. The van der Waals surface area contributed by atoms with Crippen LogP contribution in [0.15, 0.2) is 36.5 Å². The molecule has 0 radical (unpaired) electrons. The van der Waals surface area contributed by atoms with E-state index in [1.807, 2.05) is 6.92 Å². The summed E-state index contributed by atoms with van der Waals surface area (Å²) in [7, 11) is 0. The number of carbonyl (C=O) groups is 2. The summed E-state index contributed by atoms with van der Waals surface area (Å²) in [6.07, 6.45) is -2.52. The molecule has 150 valence electrons. The quantitative estimate of drug-likeness (QED) is 0.752. The monoisotopic (exact) mass is 395 g/mol.